The Balaban J connectivity index is 3.73. The van der Waals surface area contributed by atoms with Crippen molar-refractivity contribution in [1.82, 2.24) is 10.2 Å². The lowest BCUT2D eigenvalue weighted by molar-refractivity contribution is -0.137. The monoisotopic (exact) mass is 230 g/mol. The molecule has 0 heterocycles. The average Bonchev–Trinajstić information content (AvgIpc) is 2.24. The Kier molecular flexibility index (Phi) is 6.91. The van der Waals surface area contributed by atoms with Crippen LogP contribution in [0.4, 0.5) is 0 Å². The number of carbonyl (C=O) groups is 3. The maximum Gasteiger partial charge on any atom is 0.303 e. The smallest absolute Gasteiger partial charge is 0.303 e. The van der Waals surface area contributed by atoms with Crippen LogP contribution in [0.3, 0.4) is 0 Å². The molecule has 2 amide bonds. The molecule has 6 nitrogen and oxygen atoms in total. The van der Waals surface area contributed by atoms with Crippen molar-refractivity contribution in [2.75, 3.05) is 20.1 Å². The highest BCUT2D eigenvalue weighted by atomic mass is 16.4. The van der Waals surface area contributed by atoms with Crippen molar-refractivity contribution in [2.24, 2.45) is 0 Å². The molecule has 0 aromatic carbocycles. The minimum atomic E-state index is -0.875. The Hall–Kier alpha value is -1.59. The van der Waals surface area contributed by atoms with Gasteiger partial charge in [0, 0.05) is 26.4 Å². The zero-order chi connectivity index (χ0) is 12.6. The van der Waals surface area contributed by atoms with E-state index in [4.69, 9.17) is 5.11 Å². The highest BCUT2D eigenvalue weighted by Crippen LogP contribution is 1.93. The van der Waals surface area contributed by atoms with E-state index in [-0.39, 0.29) is 24.8 Å². The summed E-state index contributed by atoms with van der Waals surface area (Å²) < 4.78 is 0. The standard InChI is InChI=1S/C10H18N2O4/c1-3-8(13)11-7-9(14)12(2)6-4-5-10(15)16/h3-7H2,1-2H3,(H,11,13)(H,15,16). The van der Waals surface area contributed by atoms with Gasteiger partial charge in [-0.1, -0.05) is 6.92 Å². The Bertz CT molecular complexity index is 266. The van der Waals surface area contributed by atoms with Gasteiger partial charge in [0.2, 0.25) is 11.8 Å². The molecule has 0 radical (unpaired) electrons. The predicted molar refractivity (Wildman–Crippen MR) is 57.8 cm³/mol. The first-order valence-corrected chi connectivity index (χ1v) is 5.19. The average molecular weight is 230 g/mol. The molecule has 0 aliphatic heterocycles. The molecule has 16 heavy (non-hydrogen) atoms. The van der Waals surface area contributed by atoms with Gasteiger partial charge in [0.25, 0.3) is 0 Å². The van der Waals surface area contributed by atoms with Crippen LogP contribution in [0.2, 0.25) is 0 Å². The molecule has 0 rings (SSSR count). The summed E-state index contributed by atoms with van der Waals surface area (Å²) in [5.41, 5.74) is 0. The van der Waals surface area contributed by atoms with Gasteiger partial charge in [0.05, 0.1) is 6.54 Å². The molecule has 0 fully saturated rings. The largest absolute Gasteiger partial charge is 0.481 e. The van der Waals surface area contributed by atoms with Gasteiger partial charge in [-0.25, -0.2) is 0 Å². The molecule has 0 aromatic rings. The van der Waals surface area contributed by atoms with Crippen LogP contribution in [0, 0.1) is 0 Å². The van der Waals surface area contributed by atoms with Gasteiger partial charge >= 0.3 is 5.97 Å². The number of rotatable bonds is 7. The van der Waals surface area contributed by atoms with Crippen molar-refractivity contribution in [1.29, 1.82) is 0 Å². The van der Waals surface area contributed by atoms with E-state index in [0.29, 0.717) is 19.4 Å². The Morgan fingerprint density at radius 3 is 2.44 bits per heavy atom. The minimum Gasteiger partial charge on any atom is -0.481 e. The number of hydrogen-bond acceptors (Lipinski definition) is 3. The first-order valence-electron chi connectivity index (χ1n) is 5.19. The zero-order valence-electron chi connectivity index (χ0n) is 9.65. The molecular weight excluding hydrogens is 212 g/mol. The first-order chi connectivity index (χ1) is 7.47. The van der Waals surface area contributed by atoms with E-state index in [0.717, 1.165) is 0 Å². The molecule has 0 saturated carbocycles. The predicted octanol–water partition coefficient (Wildman–Crippen LogP) is -0.164. The Morgan fingerprint density at radius 1 is 1.31 bits per heavy atom. The molecule has 0 aliphatic rings. The second kappa shape index (κ2) is 7.67. The number of nitrogens with one attached hydrogen (secondary N) is 1. The van der Waals surface area contributed by atoms with E-state index in [1.807, 2.05) is 0 Å². The normalized spacial score (nSPS) is 9.62. The van der Waals surface area contributed by atoms with Crippen LogP contribution in [0.25, 0.3) is 0 Å². The van der Waals surface area contributed by atoms with Crippen LogP contribution >= 0.6 is 0 Å². The molecular formula is C10H18N2O4. The fraction of sp³-hybridized carbons (Fsp3) is 0.700. The van der Waals surface area contributed by atoms with E-state index in [1.54, 1.807) is 14.0 Å². The molecule has 2 N–H and O–H groups in total. The lowest BCUT2D eigenvalue weighted by atomic mass is 10.3. The lowest BCUT2D eigenvalue weighted by Crippen LogP contribution is -2.38. The molecule has 6 heteroatoms. The summed E-state index contributed by atoms with van der Waals surface area (Å²) in [5, 5.41) is 10.9. The van der Waals surface area contributed by atoms with Crippen LogP contribution in [-0.4, -0.2) is 47.9 Å². The van der Waals surface area contributed by atoms with Gasteiger partial charge in [-0.05, 0) is 6.42 Å². The highest BCUT2D eigenvalue weighted by molar-refractivity contribution is 5.84. The molecule has 0 unspecified atom stereocenters. The maximum absolute atomic E-state index is 11.4. The van der Waals surface area contributed by atoms with Crippen molar-refractivity contribution in [3.05, 3.63) is 0 Å². The SMILES string of the molecule is CCC(=O)NCC(=O)N(C)CCCC(=O)O. The van der Waals surface area contributed by atoms with Crippen LogP contribution in [0.15, 0.2) is 0 Å². The fourth-order valence-electron chi connectivity index (χ4n) is 1.03. The number of carbonyl (C=O) groups excluding carboxylic acids is 2. The van der Waals surface area contributed by atoms with E-state index in [1.165, 1.54) is 4.90 Å². The molecule has 0 aliphatic carbocycles. The molecule has 0 aromatic heterocycles. The van der Waals surface area contributed by atoms with Crippen LogP contribution in [0.5, 0.6) is 0 Å². The van der Waals surface area contributed by atoms with Crippen molar-refractivity contribution in [3.63, 3.8) is 0 Å². The summed E-state index contributed by atoms with van der Waals surface area (Å²) in [5.74, 6) is -1.26. The Labute approximate surface area is 94.6 Å². The zero-order valence-corrected chi connectivity index (χ0v) is 9.65. The number of hydrogen-bond donors (Lipinski definition) is 2. The van der Waals surface area contributed by atoms with Gasteiger partial charge in [0.15, 0.2) is 0 Å². The van der Waals surface area contributed by atoms with E-state index < -0.39 is 5.97 Å². The third-order valence-electron chi connectivity index (χ3n) is 2.07. The molecule has 0 atom stereocenters. The lowest BCUT2D eigenvalue weighted by Gasteiger charge is -2.16. The van der Waals surface area contributed by atoms with Crippen LogP contribution < -0.4 is 5.32 Å². The maximum atomic E-state index is 11.4. The minimum absolute atomic E-state index is 0.0315. The quantitative estimate of drug-likeness (QED) is 0.636. The van der Waals surface area contributed by atoms with Gasteiger partial charge in [-0.3, -0.25) is 14.4 Å². The molecule has 0 bridgehead atoms. The number of nitrogens with zero attached hydrogens (tertiary/aromatic N) is 1. The topological polar surface area (TPSA) is 86.7 Å². The molecule has 92 valence electrons. The fourth-order valence-corrected chi connectivity index (χ4v) is 1.03. The van der Waals surface area contributed by atoms with Gasteiger partial charge in [0.1, 0.15) is 0 Å². The Morgan fingerprint density at radius 2 is 1.94 bits per heavy atom. The van der Waals surface area contributed by atoms with Crippen molar-refractivity contribution >= 4 is 17.8 Å². The summed E-state index contributed by atoms with van der Waals surface area (Å²) >= 11 is 0. The van der Waals surface area contributed by atoms with Gasteiger partial charge in [-0.15, -0.1) is 0 Å². The van der Waals surface area contributed by atoms with Crippen molar-refractivity contribution in [2.45, 2.75) is 26.2 Å². The van der Waals surface area contributed by atoms with E-state index in [2.05, 4.69) is 5.32 Å². The summed E-state index contributed by atoms with van der Waals surface area (Å²) in [6.07, 6.45) is 0.800. The summed E-state index contributed by atoms with van der Waals surface area (Å²) in [6, 6.07) is 0. The number of amides is 2. The molecule has 0 saturated heterocycles. The highest BCUT2D eigenvalue weighted by Gasteiger charge is 2.09. The van der Waals surface area contributed by atoms with Crippen LogP contribution in [0.1, 0.15) is 26.2 Å². The van der Waals surface area contributed by atoms with Gasteiger partial charge < -0.3 is 15.3 Å². The number of aliphatic carboxylic acids is 1. The second-order valence-corrected chi connectivity index (χ2v) is 3.44. The van der Waals surface area contributed by atoms with Gasteiger partial charge in [-0.2, -0.15) is 0 Å². The van der Waals surface area contributed by atoms with Crippen molar-refractivity contribution in [3.8, 4) is 0 Å². The van der Waals surface area contributed by atoms with E-state index >= 15 is 0 Å². The number of carboxylic acid groups (broad SMARTS) is 1. The first kappa shape index (κ1) is 14.4. The number of carboxylic acids is 1. The van der Waals surface area contributed by atoms with E-state index in [9.17, 15) is 14.4 Å². The number of likely N-dealkylation sites (N-methyl/N-ethyl adjacent to an activating group) is 1. The third-order valence-corrected chi connectivity index (χ3v) is 2.07. The summed E-state index contributed by atoms with van der Waals surface area (Å²) in [4.78, 5) is 33.9. The third kappa shape index (κ3) is 6.80. The summed E-state index contributed by atoms with van der Waals surface area (Å²) in [7, 11) is 1.59. The summed E-state index contributed by atoms with van der Waals surface area (Å²) in [6.45, 7) is 2.06. The second-order valence-electron chi connectivity index (χ2n) is 3.44. The van der Waals surface area contributed by atoms with Crippen molar-refractivity contribution < 1.29 is 19.5 Å². The molecule has 0 spiro atoms. The van der Waals surface area contributed by atoms with Crippen LogP contribution in [-0.2, 0) is 14.4 Å².